The summed E-state index contributed by atoms with van der Waals surface area (Å²) in [7, 11) is 1.76. The summed E-state index contributed by atoms with van der Waals surface area (Å²) in [6.45, 7) is 6.60. The van der Waals surface area contributed by atoms with Gasteiger partial charge in [0.15, 0.2) is 0 Å². The lowest BCUT2D eigenvalue weighted by molar-refractivity contribution is -0.114. The van der Waals surface area contributed by atoms with E-state index < -0.39 is 0 Å². The highest BCUT2D eigenvalue weighted by atomic mass is 16.5. The van der Waals surface area contributed by atoms with E-state index in [0.29, 0.717) is 19.3 Å². The minimum Gasteiger partial charge on any atom is -0.484 e. The van der Waals surface area contributed by atoms with E-state index in [1.165, 1.54) is 11.1 Å². The molecule has 35 heavy (non-hydrogen) atoms. The topological polar surface area (TPSA) is 83.8 Å². The van der Waals surface area contributed by atoms with Crippen molar-refractivity contribution in [3.05, 3.63) is 47.4 Å². The van der Waals surface area contributed by atoms with Crippen LogP contribution in [0.1, 0.15) is 42.7 Å². The molecule has 9 nitrogen and oxygen atoms in total. The van der Waals surface area contributed by atoms with Crippen molar-refractivity contribution < 1.29 is 18.9 Å². The number of aromatic nitrogens is 4. The molecule has 6 heterocycles. The molecular formula is C26H31N5O4. The van der Waals surface area contributed by atoms with Gasteiger partial charge in [0.05, 0.1) is 56.3 Å². The summed E-state index contributed by atoms with van der Waals surface area (Å²) in [5.41, 5.74) is 4.43. The zero-order valence-electron chi connectivity index (χ0n) is 20.3. The minimum atomic E-state index is -0.212. The average Bonchev–Trinajstić information content (AvgIpc) is 3.56. The maximum absolute atomic E-state index is 6.34. The fraction of sp³-hybridized carbons (Fsp3) is 0.577. The Bertz CT molecular complexity index is 1270. The number of ether oxygens (including phenoxy) is 4. The van der Waals surface area contributed by atoms with Gasteiger partial charge in [-0.05, 0) is 55.5 Å². The molecule has 4 fully saturated rings. The Morgan fingerprint density at radius 2 is 2.14 bits per heavy atom. The summed E-state index contributed by atoms with van der Waals surface area (Å²) in [5.74, 6) is 0.819. The molecule has 2 unspecified atom stereocenters. The predicted octanol–water partition coefficient (Wildman–Crippen LogP) is 2.63. The molecule has 1 aromatic carbocycles. The molecule has 0 N–H and O–H groups in total. The number of benzene rings is 1. The molecule has 8 rings (SSSR count). The van der Waals surface area contributed by atoms with E-state index in [-0.39, 0.29) is 17.2 Å². The standard InChI is InChI=1S/C26H31N5O4/c1-17(35-20-3-4-23-22(7-20)21-5-6-33-10-18(21)8-27-23)24-9-31(29-28-24)25-13-26(14-25)16-34-12-19(11-32-2)30(26)15-25/h3-4,7-9,17,19H,5-6,10-16H2,1-2H3. The minimum absolute atomic E-state index is 0.0135. The first-order valence-electron chi connectivity index (χ1n) is 12.5. The Hall–Kier alpha value is -2.59. The van der Waals surface area contributed by atoms with Crippen molar-refractivity contribution in [3.8, 4) is 5.75 Å². The Labute approximate surface area is 204 Å². The van der Waals surface area contributed by atoms with Crippen molar-refractivity contribution in [2.75, 3.05) is 40.1 Å². The van der Waals surface area contributed by atoms with Gasteiger partial charge in [0.1, 0.15) is 17.5 Å². The van der Waals surface area contributed by atoms with Crippen LogP contribution in [0.4, 0.5) is 0 Å². The summed E-state index contributed by atoms with van der Waals surface area (Å²) in [5, 5.41) is 10.2. The molecule has 4 aliphatic heterocycles. The Morgan fingerprint density at radius 1 is 1.23 bits per heavy atom. The number of fused-ring (bicyclic) bond motifs is 3. The van der Waals surface area contributed by atoms with Crippen LogP contribution in [0.3, 0.4) is 0 Å². The number of hydrogen-bond acceptors (Lipinski definition) is 8. The number of morpholine rings is 1. The zero-order chi connectivity index (χ0) is 23.6. The van der Waals surface area contributed by atoms with Gasteiger partial charge in [-0.2, -0.15) is 0 Å². The Morgan fingerprint density at radius 3 is 3.03 bits per heavy atom. The van der Waals surface area contributed by atoms with E-state index in [2.05, 4.69) is 37.1 Å². The van der Waals surface area contributed by atoms with Gasteiger partial charge in [-0.1, -0.05) is 5.21 Å². The predicted molar refractivity (Wildman–Crippen MR) is 127 cm³/mol. The van der Waals surface area contributed by atoms with Crippen LogP contribution in [-0.4, -0.2) is 76.5 Å². The van der Waals surface area contributed by atoms with Gasteiger partial charge < -0.3 is 18.9 Å². The molecule has 9 heteroatoms. The quantitative estimate of drug-likeness (QED) is 0.536. The van der Waals surface area contributed by atoms with Gasteiger partial charge in [-0.15, -0.1) is 5.10 Å². The zero-order valence-corrected chi connectivity index (χ0v) is 20.3. The van der Waals surface area contributed by atoms with E-state index in [4.69, 9.17) is 18.9 Å². The number of hydrogen-bond donors (Lipinski definition) is 0. The fourth-order valence-electron chi connectivity index (χ4n) is 6.79. The highest BCUT2D eigenvalue weighted by Gasteiger charge is 2.69. The molecule has 5 aliphatic rings. The summed E-state index contributed by atoms with van der Waals surface area (Å²) in [6, 6.07) is 6.43. The Balaban J connectivity index is 1.10. The van der Waals surface area contributed by atoms with Crippen molar-refractivity contribution in [2.45, 2.75) is 56.0 Å². The van der Waals surface area contributed by atoms with Crippen LogP contribution in [0.5, 0.6) is 5.75 Å². The van der Waals surface area contributed by atoms with Gasteiger partial charge in [0.2, 0.25) is 0 Å². The van der Waals surface area contributed by atoms with Crippen molar-refractivity contribution in [1.82, 2.24) is 24.9 Å². The average molecular weight is 478 g/mol. The normalized spacial score (nSPS) is 30.5. The van der Waals surface area contributed by atoms with Crippen LogP contribution >= 0.6 is 0 Å². The van der Waals surface area contributed by atoms with E-state index in [1.807, 2.05) is 25.3 Å². The second-order valence-corrected chi connectivity index (χ2v) is 10.6. The van der Waals surface area contributed by atoms with Crippen molar-refractivity contribution in [3.63, 3.8) is 0 Å². The van der Waals surface area contributed by atoms with Crippen LogP contribution in [0.15, 0.2) is 30.6 Å². The molecule has 2 aromatic heterocycles. The van der Waals surface area contributed by atoms with Crippen LogP contribution in [-0.2, 0) is 32.8 Å². The fourth-order valence-corrected chi connectivity index (χ4v) is 6.79. The molecule has 2 atom stereocenters. The summed E-state index contributed by atoms with van der Waals surface area (Å²) < 4.78 is 25.4. The van der Waals surface area contributed by atoms with E-state index in [1.54, 1.807) is 7.11 Å². The smallest absolute Gasteiger partial charge is 0.141 e. The van der Waals surface area contributed by atoms with E-state index >= 15 is 0 Å². The first-order chi connectivity index (χ1) is 17.1. The second kappa shape index (κ2) is 7.96. The highest BCUT2D eigenvalue weighted by molar-refractivity contribution is 5.84. The maximum Gasteiger partial charge on any atom is 0.141 e. The molecule has 3 saturated heterocycles. The number of nitrogens with zero attached hydrogens (tertiary/aromatic N) is 5. The summed E-state index contributed by atoms with van der Waals surface area (Å²) >= 11 is 0. The van der Waals surface area contributed by atoms with Crippen molar-refractivity contribution >= 4 is 10.9 Å². The first kappa shape index (κ1) is 21.7. The third kappa shape index (κ3) is 3.32. The lowest BCUT2D eigenvalue weighted by atomic mass is 9.67. The highest BCUT2D eigenvalue weighted by Crippen LogP contribution is 2.59. The van der Waals surface area contributed by atoms with Crippen LogP contribution in [0.2, 0.25) is 0 Å². The number of methoxy groups -OCH3 is 1. The first-order valence-corrected chi connectivity index (χ1v) is 12.5. The number of pyridine rings is 1. The van der Waals surface area contributed by atoms with Crippen molar-refractivity contribution in [2.24, 2.45) is 0 Å². The molecule has 2 bridgehead atoms. The molecule has 3 aromatic rings. The third-order valence-corrected chi connectivity index (χ3v) is 8.39. The molecule has 0 amide bonds. The summed E-state index contributed by atoms with van der Waals surface area (Å²) in [6.07, 6.45) is 6.79. The van der Waals surface area contributed by atoms with Gasteiger partial charge in [0, 0.05) is 30.8 Å². The molecule has 1 aliphatic carbocycles. The largest absolute Gasteiger partial charge is 0.484 e. The van der Waals surface area contributed by atoms with Crippen molar-refractivity contribution in [1.29, 1.82) is 0 Å². The van der Waals surface area contributed by atoms with Gasteiger partial charge in [0.25, 0.3) is 0 Å². The molecule has 184 valence electrons. The lowest BCUT2D eigenvalue weighted by Crippen LogP contribution is -2.62. The summed E-state index contributed by atoms with van der Waals surface area (Å²) in [4.78, 5) is 7.19. The molecular weight excluding hydrogens is 446 g/mol. The van der Waals surface area contributed by atoms with E-state index in [0.717, 1.165) is 68.0 Å². The van der Waals surface area contributed by atoms with Gasteiger partial charge in [-0.3, -0.25) is 9.88 Å². The van der Waals surface area contributed by atoms with E-state index in [9.17, 15) is 0 Å². The number of rotatable bonds is 6. The second-order valence-electron chi connectivity index (χ2n) is 10.6. The molecule has 1 saturated carbocycles. The molecule has 0 radical (unpaired) electrons. The van der Waals surface area contributed by atoms with Crippen LogP contribution in [0, 0.1) is 0 Å². The van der Waals surface area contributed by atoms with Crippen LogP contribution in [0.25, 0.3) is 10.9 Å². The Kier molecular flexibility index (Phi) is 4.93. The van der Waals surface area contributed by atoms with Gasteiger partial charge in [-0.25, -0.2) is 4.68 Å². The maximum atomic E-state index is 6.34. The SMILES string of the molecule is COCC1COCC23CC(n4cc(C(C)Oc5ccc6ncc7c(c6c5)CCOC7)nn4)(CN12)C3. The molecule has 1 spiro atoms. The van der Waals surface area contributed by atoms with Gasteiger partial charge >= 0.3 is 0 Å². The lowest BCUT2D eigenvalue weighted by Gasteiger charge is -2.51. The monoisotopic (exact) mass is 477 g/mol. The van der Waals surface area contributed by atoms with Crippen LogP contribution < -0.4 is 4.74 Å². The third-order valence-electron chi connectivity index (χ3n) is 8.39.